The normalized spacial score (nSPS) is 15.7. The molecule has 2 aromatic carbocycles. The lowest BCUT2D eigenvalue weighted by atomic mass is 10.2. The maximum Gasteiger partial charge on any atom is 0.243 e. The first kappa shape index (κ1) is 19.1. The van der Waals surface area contributed by atoms with Crippen LogP contribution in [-0.4, -0.2) is 48.9 Å². The van der Waals surface area contributed by atoms with Crippen LogP contribution >= 0.6 is 23.8 Å². The van der Waals surface area contributed by atoms with Crippen LogP contribution in [-0.2, 0) is 10.0 Å². The molecule has 138 valence electrons. The minimum Gasteiger partial charge on any atom is -0.346 e. The van der Waals surface area contributed by atoms with Gasteiger partial charge in [-0.05, 0) is 43.4 Å². The lowest BCUT2D eigenvalue weighted by Gasteiger charge is -2.35. The number of thiocarbonyl (C=S) groups is 1. The minimum absolute atomic E-state index is 0.327. The summed E-state index contributed by atoms with van der Waals surface area (Å²) in [5.74, 6) is 0. The highest BCUT2D eigenvalue weighted by Gasteiger charge is 2.29. The fourth-order valence-corrected chi connectivity index (χ4v) is 4.65. The number of rotatable bonds is 3. The highest BCUT2D eigenvalue weighted by atomic mass is 35.5. The van der Waals surface area contributed by atoms with E-state index < -0.39 is 10.0 Å². The Hall–Kier alpha value is -1.67. The summed E-state index contributed by atoms with van der Waals surface area (Å²) in [6.07, 6.45) is 0. The van der Waals surface area contributed by atoms with Gasteiger partial charge < -0.3 is 10.2 Å². The fraction of sp³-hybridized carbons (Fsp3) is 0.278. The van der Waals surface area contributed by atoms with Gasteiger partial charge in [-0.15, -0.1) is 0 Å². The second-order valence-corrected chi connectivity index (χ2v) is 8.85. The molecule has 0 radical (unpaired) electrons. The van der Waals surface area contributed by atoms with Crippen LogP contribution in [0.4, 0.5) is 5.69 Å². The summed E-state index contributed by atoms with van der Waals surface area (Å²) in [7, 11) is -3.47. The van der Waals surface area contributed by atoms with Gasteiger partial charge >= 0.3 is 0 Å². The monoisotopic (exact) mass is 409 g/mol. The number of anilines is 1. The molecule has 8 heteroatoms. The summed E-state index contributed by atoms with van der Waals surface area (Å²) in [5, 5.41) is 4.27. The van der Waals surface area contributed by atoms with Crippen LogP contribution in [0.1, 0.15) is 5.56 Å². The van der Waals surface area contributed by atoms with Crippen LogP contribution in [0.15, 0.2) is 53.4 Å². The molecule has 0 amide bonds. The average Bonchev–Trinajstić information content (AvgIpc) is 2.64. The van der Waals surface area contributed by atoms with Gasteiger partial charge in [0.15, 0.2) is 5.11 Å². The zero-order valence-electron chi connectivity index (χ0n) is 14.4. The Bertz CT molecular complexity index is 893. The highest BCUT2D eigenvalue weighted by molar-refractivity contribution is 7.89. The number of sulfonamides is 1. The molecule has 1 heterocycles. The third-order valence-electron chi connectivity index (χ3n) is 4.30. The van der Waals surface area contributed by atoms with Crippen molar-refractivity contribution in [1.29, 1.82) is 0 Å². The molecule has 1 fully saturated rings. The second-order valence-electron chi connectivity index (χ2n) is 6.11. The van der Waals surface area contributed by atoms with E-state index in [0.29, 0.717) is 41.2 Å². The van der Waals surface area contributed by atoms with E-state index in [1.807, 2.05) is 42.2 Å². The van der Waals surface area contributed by atoms with Crippen molar-refractivity contribution in [2.75, 3.05) is 31.5 Å². The van der Waals surface area contributed by atoms with Crippen LogP contribution < -0.4 is 5.32 Å². The smallest absolute Gasteiger partial charge is 0.243 e. The van der Waals surface area contributed by atoms with Crippen molar-refractivity contribution >= 4 is 44.6 Å². The topological polar surface area (TPSA) is 52.7 Å². The zero-order chi connectivity index (χ0) is 18.7. The second kappa shape index (κ2) is 7.92. The highest BCUT2D eigenvalue weighted by Crippen LogP contribution is 2.22. The summed E-state index contributed by atoms with van der Waals surface area (Å²) in [6.45, 7) is 3.77. The van der Waals surface area contributed by atoms with Gasteiger partial charge in [0.05, 0.1) is 15.6 Å². The SMILES string of the molecule is Cc1ccc(S(=O)(=O)N2CCN(C(=S)Nc3ccccc3Cl)CC2)cc1. The first-order valence-corrected chi connectivity index (χ1v) is 10.5. The number of halogens is 1. The first-order valence-electron chi connectivity index (χ1n) is 8.25. The number of nitrogens with one attached hydrogen (secondary N) is 1. The molecular weight excluding hydrogens is 390 g/mol. The van der Waals surface area contributed by atoms with E-state index in [0.717, 1.165) is 11.3 Å². The van der Waals surface area contributed by atoms with Gasteiger partial charge in [0.2, 0.25) is 10.0 Å². The molecule has 1 saturated heterocycles. The molecule has 5 nitrogen and oxygen atoms in total. The molecule has 1 aliphatic rings. The fourth-order valence-electron chi connectivity index (χ4n) is 2.75. The Labute approximate surface area is 164 Å². The van der Waals surface area contributed by atoms with Crippen LogP contribution in [0.5, 0.6) is 0 Å². The molecular formula is C18H20ClN3O2S2. The average molecular weight is 410 g/mol. The molecule has 0 aliphatic carbocycles. The Morgan fingerprint density at radius 2 is 1.65 bits per heavy atom. The van der Waals surface area contributed by atoms with Gasteiger partial charge in [-0.2, -0.15) is 4.31 Å². The van der Waals surface area contributed by atoms with Crippen molar-refractivity contribution in [3.05, 3.63) is 59.1 Å². The van der Waals surface area contributed by atoms with E-state index in [9.17, 15) is 8.42 Å². The van der Waals surface area contributed by atoms with Crippen molar-refractivity contribution in [3.63, 3.8) is 0 Å². The van der Waals surface area contributed by atoms with E-state index in [4.69, 9.17) is 23.8 Å². The molecule has 2 aromatic rings. The molecule has 0 saturated carbocycles. The Morgan fingerprint density at radius 3 is 2.27 bits per heavy atom. The summed E-state index contributed by atoms with van der Waals surface area (Å²) in [4.78, 5) is 2.29. The Balaban J connectivity index is 1.62. The quantitative estimate of drug-likeness (QED) is 0.788. The van der Waals surface area contributed by atoms with Gasteiger partial charge in [0.25, 0.3) is 0 Å². The molecule has 0 aromatic heterocycles. The number of hydrogen-bond donors (Lipinski definition) is 1. The van der Waals surface area contributed by atoms with Crippen molar-refractivity contribution in [1.82, 2.24) is 9.21 Å². The van der Waals surface area contributed by atoms with Crippen molar-refractivity contribution < 1.29 is 8.42 Å². The Kier molecular flexibility index (Phi) is 5.82. The molecule has 0 unspecified atom stereocenters. The molecule has 0 atom stereocenters. The molecule has 0 bridgehead atoms. The van der Waals surface area contributed by atoms with Crippen molar-refractivity contribution in [3.8, 4) is 0 Å². The van der Waals surface area contributed by atoms with Crippen LogP contribution in [0.25, 0.3) is 0 Å². The van der Waals surface area contributed by atoms with Gasteiger partial charge in [0, 0.05) is 26.2 Å². The van der Waals surface area contributed by atoms with E-state index in [1.165, 1.54) is 4.31 Å². The molecule has 0 spiro atoms. The third-order valence-corrected chi connectivity index (χ3v) is 6.90. The number of para-hydroxylation sites is 1. The van der Waals surface area contributed by atoms with Crippen LogP contribution in [0.3, 0.4) is 0 Å². The lowest BCUT2D eigenvalue weighted by molar-refractivity contribution is 0.268. The largest absolute Gasteiger partial charge is 0.346 e. The summed E-state index contributed by atoms with van der Waals surface area (Å²) in [5.41, 5.74) is 1.78. The Morgan fingerprint density at radius 1 is 1.04 bits per heavy atom. The number of hydrogen-bond acceptors (Lipinski definition) is 3. The molecule has 1 N–H and O–H groups in total. The summed E-state index contributed by atoms with van der Waals surface area (Å²) < 4.78 is 27.0. The van der Waals surface area contributed by atoms with Gasteiger partial charge in [-0.3, -0.25) is 0 Å². The lowest BCUT2D eigenvalue weighted by Crippen LogP contribution is -2.51. The zero-order valence-corrected chi connectivity index (χ0v) is 16.7. The predicted octanol–water partition coefficient (Wildman–Crippen LogP) is 3.35. The predicted molar refractivity (Wildman–Crippen MR) is 109 cm³/mol. The van der Waals surface area contributed by atoms with E-state index in [-0.39, 0.29) is 0 Å². The molecule has 1 aliphatic heterocycles. The van der Waals surface area contributed by atoms with E-state index >= 15 is 0 Å². The van der Waals surface area contributed by atoms with Crippen LogP contribution in [0, 0.1) is 6.92 Å². The van der Waals surface area contributed by atoms with Gasteiger partial charge in [0.1, 0.15) is 0 Å². The summed E-state index contributed by atoms with van der Waals surface area (Å²) >= 11 is 11.6. The number of benzene rings is 2. The molecule has 3 rings (SSSR count). The third kappa shape index (κ3) is 4.17. The van der Waals surface area contributed by atoms with Gasteiger partial charge in [-0.1, -0.05) is 41.4 Å². The summed E-state index contributed by atoms with van der Waals surface area (Å²) in [6, 6.07) is 14.3. The number of piperazine rings is 1. The standard InChI is InChI=1S/C18H20ClN3O2S2/c1-14-6-8-15(9-7-14)26(23,24)22-12-10-21(11-13-22)18(25)20-17-5-3-2-4-16(17)19/h2-9H,10-13H2,1H3,(H,20,25). The maximum absolute atomic E-state index is 12.8. The van der Waals surface area contributed by atoms with Crippen molar-refractivity contribution in [2.24, 2.45) is 0 Å². The number of nitrogens with zero attached hydrogens (tertiary/aromatic N) is 2. The number of aryl methyl sites for hydroxylation is 1. The van der Waals surface area contributed by atoms with E-state index in [2.05, 4.69) is 5.32 Å². The molecule has 26 heavy (non-hydrogen) atoms. The first-order chi connectivity index (χ1) is 12.4. The van der Waals surface area contributed by atoms with Gasteiger partial charge in [-0.25, -0.2) is 8.42 Å². The minimum atomic E-state index is -3.47. The van der Waals surface area contributed by atoms with E-state index in [1.54, 1.807) is 18.2 Å². The van der Waals surface area contributed by atoms with Crippen LogP contribution in [0.2, 0.25) is 5.02 Å². The maximum atomic E-state index is 12.8. The van der Waals surface area contributed by atoms with Crippen molar-refractivity contribution in [2.45, 2.75) is 11.8 Å².